The maximum Gasteiger partial charge on any atom is 0.416 e. The lowest BCUT2D eigenvalue weighted by molar-refractivity contribution is -0.137. The minimum absolute atomic E-state index is 0.0202. The molecule has 1 fully saturated rings. The van der Waals surface area contributed by atoms with Crippen LogP contribution in [-0.4, -0.2) is 25.0 Å². The molecule has 23 heavy (non-hydrogen) atoms. The third-order valence-electron chi connectivity index (χ3n) is 4.30. The Labute approximate surface area is 134 Å². The molecule has 6 heteroatoms. The van der Waals surface area contributed by atoms with Crippen LogP contribution in [0.3, 0.4) is 0 Å². The number of rotatable bonds is 6. The molecule has 128 valence electrons. The lowest BCUT2D eigenvalue weighted by Gasteiger charge is -2.14. The van der Waals surface area contributed by atoms with Gasteiger partial charge in [0.2, 0.25) is 5.91 Å². The van der Waals surface area contributed by atoms with Gasteiger partial charge in [-0.3, -0.25) is 4.79 Å². The van der Waals surface area contributed by atoms with Crippen LogP contribution in [0.1, 0.15) is 49.7 Å². The lowest BCUT2D eigenvalue weighted by Crippen LogP contribution is -2.30. The van der Waals surface area contributed by atoms with Crippen molar-refractivity contribution in [3.63, 3.8) is 0 Å². The van der Waals surface area contributed by atoms with Crippen molar-refractivity contribution in [1.29, 1.82) is 0 Å². The molecule has 1 aromatic rings. The molecule has 0 saturated heterocycles. The highest BCUT2D eigenvalue weighted by Gasteiger charge is 2.31. The quantitative estimate of drug-likeness (QED) is 0.785. The molecule has 3 nitrogen and oxygen atoms in total. The van der Waals surface area contributed by atoms with Crippen molar-refractivity contribution in [3.8, 4) is 0 Å². The minimum atomic E-state index is -4.27. The maximum atomic E-state index is 12.6. The number of carbonyl (C=O) groups excluding carboxylic acids is 1. The second-order valence-electron chi connectivity index (χ2n) is 6.12. The zero-order valence-electron chi connectivity index (χ0n) is 13.2. The van der Waals surface area contributed by atoms with Crippen molar-refractivity contribution in [3.05, 3.63) is 35.4 Å². The third-order valence-corrected chi connectivity index (χ3v) is 4.30. The number of alkyl halides is 3. The van der Waals surface area contributed by atoms with Gasteiger partial charge in [0, 0.05) is 19.5 Å². The second kappa shape index (κ2) is 7.81. The van der Waals surface area contributed by atoms with Crippen molar-refractivity contribution >= 4 is 5.91 Å². The van der Waals surface area contributed by atoms with E-state index in [0.717, 1.165) is 37.8 Å². The predicted octanol–water partition coefficient (Wildman–Crippen LogP) is 3.46. The number of nitrogens with one attached hydrogen (secondary N) is 2. The molecular formula is C17H23F3N2O. The average Bonchev–Trinajstić information content (AvgIpc) is 2.95. The van der Waals surface area contributed by atoms with Crippen molar-refractivity contribution < 1.29 is 18.0 Å². The first-order chi connectivity index (χ1) is 10.9. The summed E-state index contributed by atoms with van der Waals surface area (Å²) >= 11 is 0. The first kappa shape index (κ1) is 17.8. The van der Waals surface area contributed by atoms with Crippen molar-refractivity contribution in [2.75, 3.05) is 13.1 Å². The highest BCUT2D eigenvalue weighted by atomic mass is 19.4. The molecule has 2 atom stereocenters. The largest absolute Gasteiger partial charge is 0.416 e. The van der Waals surface area contributed by atoms with Gasteiger partial charge in [-0.15, -0.1) is 0 Å². The van der Waals surface area contributed by atoms with Gasteiger partial charge in [0.1, 0.15) is 0 Å². The molecule has 1 amide bonds. The van der Waals surface area contributed by atoms with Crippen LogP contribution < -0.4 is 10.6 Å². The van der Waals surface area contributed by atoms with Crippen LogP contribution in [0.4, 0.5) is 13.2 Å². The van der Waals surface area contributed by atoms with E-state index in [0.29, 0.717) is 18.5 Å². The summed E-state index contributed by atoms with van der Waals surface area (Å²) in [6.45, 7) is 3.00. The standard InChI is InChI=1S/C17H23F3N2O/c1-12(23)21-9-2-10-22-16-8-5-14(11-16)13-3-6-15(7-4-13)17(18,19)20/h3-4,6-7,14,16,22H,2,5,8-11H2,1H3,(H,21,23)/t14-,16+/m0/s1. The fourth-order valence-corrected chi connectivity index (χ4v) is 3.07. The highest BCUT2D eigenvalue weighted by Crippen LogP contribution is 2.36. The number of carbonyl (C=O) groups is 1. The van der Waals surface area contributed by atoms with Crippen LogP contribution in [-0.2, 0) is 11.0 Å². The van der Waals surface area contributed by atoms with Crippen LogP contribution in [0.5, 0.6) is 0 Å². The number of hydrogen-bond donors (Lipinski definition) is 2. The molecule has 0 aliphatic heterocycles. The SMILES string of the molecule is CC(=O)NCCCN[C@@H]1CC[C@H](c2ccc(C(F)(F)F)cc2)C1. The molecule has 0 radical (unpaired) electrons. The fraction of sp³-hybridized carbons (Fsp3) is 0.588. The Balaban J connectivity index is 1.75. The van der Waals surface area contributed by atoms with E-state index >= 15 is 0 Å². The molecular weight excluding hydrogens is 305 g/mol. The second-order valence-corrected chi connectivity index (χ2v) is 6.12. The van der Waals surface area contributed by atoms with Crippen molar-refractivity contribution in [2.24, 2.45) is 0 Å². The molecule has 0 aromatic heterocycles. The van der Waals surface area contributed by atoms with E-state index in [-0.39, 0.29) is 5.91 Å². The minimum Gasteiger partial charge on any atom is -0.356 e. The van der Waals surface area contributed by atoms with E-state index < -0.39 is 11.7 Å². The summed E-state index contributed by atoms with van der Waals surface area (Å²) < 4.78 is 37.7. The fourth-order valence-electron chi connectivity index (χ4n) is 3.07. The topological polar surface area (TPSA) is 41.1 Å². The molecule has 0 bridgehead atoms. The number of halogens is 3. The van der Waals surface area contributed by atoms with Gasteiger partial charge in [0.15, 0.2) is 0 Å². The van der Waals surface area contributed by atoms with Gasteiger partial charge in [0.25, 0.3) is 0 Å². The number of hydrogen-bond acceptors (Lipinski definition) is 2. The van der Waals surface area contributed by atoms with Gasteiger partial charge in [-0.25, -0.2) is 0 Å². The number of benzene rings is 1. The third kappa shape index (κ3) is 5.53. The smallest absolute Gasteiger partial charge is 0.356 e. The summed E-state index contributed by atoms with van der Waals surface area (Å²) in [7, 11) is 0. The summed E-state index contributed by atoms with van der Waals surface area (Å²) in [5.74, 6) is 0.304. The Morgan fingerprint density at radius 2 is 1.87 bits per heavy atom. The van der Waals surface area contributed by atoms with Crippen LogP contribution in [0.25, 0.3) is 0 Å². The summed E-state index contributed by atoms with van der Waals surface area (Å²) in [5, 5.41) is 6.21. The van der Waals surface area contributed by atoms with Crippen molar-refractivity contribution in [2.45, 2.75) is 50.7 Å². The Kier molecular flexibility index (Phi) is 6.04. The predicted molar refractivity (Wildman–Crippen MR) is 83.1 cm³/mol. The van der Waals surface area contributed by atoms with Crippen molar-refractivity contribution in [1.82, 2.24) is 10.6 Å². The highest BCUT2D eigenvalue weighted by molar-refractivity contribution is 5.72. The molecule has 2 rings (SSSR count). The molecule has 0 unspecified atom stereocenters. The van der Waals surface area contributed by atoms with Gasteiger partial charge in [-0.1, -0.05) is 12.1 Å². The van der Waals surface area contributed by atoms with Gasteiger partial charge in [0.05, 0.1) is 5.56 Å². The molecule has 1 aromatic carbocycles. The monoisotopic (exact) mass is 328 g/mol. The zero-order chi connectivity index (χ0) is 16.9. The van der Waals surface area contributed by atoms with E-state index in [4.69, 9.17) is 0 Å². The molecule has 2 N–H and O–H groups in total. The van der Waals surface area contributed by atoms with E-state index in [9.17, 15) is 18.0 Å². The maximum absolute atomic E-state index is 12.6. The van der Waals surface area contributed by atoms with E-state index in [1.54, 1.807) is 12.1 Å². The Hall–Kier alpha value is -1.56. The normalized spacial score (nSPS) is 21.4. The lowest BCUT2D eigenvalue weighted by atomic mass is 9.96. The van der Waals surface area contributed by atoms with E-state index in [1.165, 1.54) is 19.1 Å². The Morgan fingerprint density at radius 3 is 2.48 bits per heavy atom. The molecule has 1 saturated carbocycles. The van der Waals surface area contributed by atoms with Gasteiger partial charge in [-0.05, 0) is 55.8 Å². The van der Waals surface area contributed by atoms with Crippen LogP contribution in [0.15, 0.2) is 24.3 Å². The molecule has 1 aliphatic rings. The Morgan fingerprint density at radius 1 is 1.17 bits per heavy atom. The van der Waals surface area contributed by atoms with Gasteiger partial charge in [-0.2, -0.15) is 13.2 Å². The van der Waals surface area contributed by atoms with Crippen LogP contribution in [0, 0.1) is 0 Å². The van der Waals surface area contributed by atoms with Gasteiger partial charge < -0.3 is 10.6 Å². The average molecular weight is 328 g/mol. The van der Waals surface area contributed by atoms with Crippen LogP contribution >= 0.6 is 0 Å². The van der Waals surface area contributed by atoms with E-state index in [2.05, 4.69) is 10.6 Å². The summed E-state index contributed by atoms with van der Waals surface area (Å²) in [4.78, 5) is 10.7. The zero-order valence-corrected chi connectivity index (χ0v) is 13.2. The first-order valence-corrected chi connectivity index (χ1v) is 8.01. The van der Waals surface area contributed by atoms with Gasteiger partial charge >= 0.3 is 6.18 Å². The molecule has 0 spiro atoms. The number of amides is 1. The first-order valence-electron chi connectivity index (χ1n) is 8.01. The van der Waals surface area contributed by atoms with E-state index in [1.807, 2.05) is 0 Å². The summed E-state index contributed by atoms with van der Waals surface area (Å²) in [6, 6.07) is 5.95. The summed E-state index contributed by atoms with van der Waals surface area (Å²) in [5.41, 5.74) is 0.396. The molecule has 0 heterocycles. The molecule has 1 aliphatic carbocycles. The summed E-state index contributed by atoms with van der Waals surface area (Å²) in [6.07, 6.45) is -0.417. The Bertz CT molecular complexity index is 514. The van der Waals surface area contributed by atoms with Crippen LogP contribution in [0.2, 0.25) is 0 Å².